The molecule has 1 amide bonds. The molecule has 0 spiro atoms. The summed E-state index contributed by atoms with van der Waals surface area (Å²) in [7, 11) is -3.96. The number of piperidine rings is 1. The SMILES string of the molecule is Cc1cccc(N(C2CCN(C(=O)OC(C)(C)C)CC2)S(=O)(=O)c2ccccc2Cl)n1. The first-order valence-corrected chi connectivity index (χ1v) is 12.0. The molecular formula is C22H28ClN3O4S. The first kappa shape index (κ1) is 23.3. The molecule has 31 heavy (non-hydrogen) atoms. The number of likely N-dealkylation sites (tertiary alicyclic amines) is 1. The van der Waals surface area contributed by atoms with Crippen LogP contribution in [0.15, 0.2) is 47.4 Å². The normalized spacial score (nSPS) is 15.6. The molecule has 0 atom stereocenters. The van der Waals surface area contributed by atoms with E-state index < -0.39 is 15.6 Å². The Balaban J connectivity index is 1.91. The van der Waals surface area contributed by atoms with Crippen molar-refractivity contribution < 1.29 is 17.9 Å². The number of pyridine rings is 1. The molecule has 0 bridgehead atoms. The average molecular weight is 466 g/mol. The fourth-order valence-electron chi connectivity index (χ4n) is 3.53. The molecule has 1 fully saturated rings. The van der Waals surface area contributed by atoms with E-state index >= 15 is 0 Å². The number of halogens is 1. The van der Waals surface area contributed by atoms with Crippen LogP contribution in [0.2, 0.25) is 5.02 Å². The van der Waals surface area contributed by atoms with Crippen molar-refractivity contribution in [2.75, 3.05) is 17.4 Å². The fraction of sp³-hybridized carbons (Fsp3) is 0.455. The predicted molar refractivity (Wildman–Crippen MR) is 121 cm³/mol. The molecule has 1 aromatic carbocycles. The molecule has 168 valence electrons. The van der Waals surface area contributed by atoms with E-state index in [1.807, 2.05) is 33.8 Å². The summed E-state index contributed by atoms with van der Waals surface area (Å²) in [6.07, 6.45) is 0.525. The number of benzene rings is 1. The van der Waals surface area contributed by atoms with Gasteiger partial charge in [0.15, 0.2) is 0 Å². The van der Waals surface area contributed by atoms with Gasteiger partial charge >= 0.3 is 6.09 Å². The van der Waals surface area contributed by atoms with E-state index in [4.69, 9.17) is 16.3 Å². The molecule has 2 heterocycles. The summed E-state index contributed by atoms with van der Waals surface area (Å²) in [6.45, 7) is 8.05. The number of anilines is 1. The lowest BCUT2D eigenvalue weighted by atomic mass is 10.1. The van der Waals surface area contributed by atoms with Crippen LogP contribution in [0.5, 0.6) is 0 Å². The molecule has 0 radical (unpaired) electrons. The number of ether oxygens (including phenoxy) is 1. The van der Waals surface area contributed by atoms with Crippen molar-refractivity contribution in [1.82, 2.24) is 9.88 Å². The van der Waals surface area contributed by atoms with Crippen LogP contribution in [0.4, 0.5) is 10.6 Å². The summed E-state index contributed by atoms with van der Waals surface area (Å²) in [5.41, 5.74) is 0.127. The third kappa shape index (κ3) is 5.49. The van der Waals surface area contributed by atoms with Gasteiger partial charge in [0, 0.05) is 18.8 Å². The maximum absolute atomic E-state index is 13.7. The smallest absolute Gasteiger partial charge is 0.410 e. The minimum atomic E-state index is -3.96. The van der Waals surface area contributed by atoms with Gasteiger partial charge in [-0.2, -0.15) is 0 Å². The van der Waals surface area contributed by atoms with E-state index in [1.165, 1.54) is 10.4 Å². The topological polar surface area (TPSA) is 79.8 Å². The molecule has 1 saturated heterocycles. The summed E-state index contributed by atoms with van der Waals surface area (Å²) in [6, 6.07) is 11.3. The molecule has 1 aliphatic heterocycles. The van der Waals surface area contributed by atoms with Crippen LogP contribution in [0, 0.1) is 6.92 Å². The molecule has 7 nitrogen and oxygen atoms in total. The van der Waals surface area contributed by atoms with Crippen molar-refractivity contribution in [3.63, 3.8) is 0 Å². The minimum absolute atomic E-state index is 0.0366. The Bertz CT molecular complexity index is 1040. The van der Waals surface area contributed by atoms with Crippen LogP contribution < -0.4 is 4.31 Å². The largest absolute Gasteiger partial charge is 0.444 e. The van der Waals surface area contributed by atoms with E-state index in [0.29, 0.717) is 37.4 Å². The Labute approximate surface area is 189 Å². The highest BCUT2D eigenvalue weighted by Crippen LogP contribution is 2.32. The number of rotatable bonds is 4. The van der Waals surface area contributed by atoms with Gasteiger partial charge in [0.05, 0.1) is 11.1 Å². The molecule has 2 aromatic rings. The van der Waals surface area contributed by atoms with E-state index in [0.717, 1.165) is 0 Å². The number of carbonyl (C=O) groups is 1. The molecule has 0 N–H and O–H groups in total. The Morgan fingerprint density at radius 1 is 1.13 bits per heavy atom. The van der Waals surface area contributed by atoms with Crippen LogP contribution in [0.3, 0.4) is 0 Å². The summed E-state index contributed by atoms with van der Waals surface area (Å²) < 4.78 is 34.1. The number of sulfonamides is 1. The van der Waals surface area contributed by atoms with Crippen LogP contribution in [-0.4, -0.2) is 49.1 Å². The maximum Gasteiger partial charge on any atom is 0.410 e. The Kier molecular flexibility index (Phi) is 6.81. The zero-order chi connectivity index (χ0) is 22.8. The van der Waals surface area contributed by atoms with Gasteiger partial charge in [-0.25, -0.2) is 22.5 Å². The molecule has 1 aliphatic rings. The Morgan fingerprint density at radius 3 is 2.35 bits per heavy atom. The molecule has 0 unspecified atom stereocenters. The standard InChI is InChI=1S/C22H28ClN3O4S/c1-16-8-7-11-20(24-16)26(31(28,29)19-10-6-5-9-18(19)23)17-12-14-25(15-13-17)21(27)30-22(2,3)4/h5-11,17H,12-15H2,1-4H3. The maximum atomic E-state index is 13.7. The van der Waals surface area contributed by atoms with Crippen molar-refractivity contribution in [2.24, 2.45) is 0 Å². The molecular weight excluding hydrogens is 438 g/mol. The van der Waals surface area contributed by atoms with Gasteiger partial charge in [0.25, 0.3) is 10.0 Å². The first-order chi connectivity index (χ1) is 14.5. The molecule has 9 heteroatoms. The highest BCUT2D eigenvalue weighted by atomic mass is 35.5. The number of hydrogen-bond donors (Lipinski definition) is 0. The van der Waals surface area contributed by atoms with Crippen LogP contribution in [0.1, 0.15) is 39.3 Å². The van der Waals surface area contributed by atoms with Gasteiger partial charge in [-0.3, -0.25) is 0 Å². The van der Waals surface area contributed by atoms with Crippen molar-refractivity contribution in [3.8, 4) is 0 Å². The third-order valence-electron chi connectivity index (χ3n) is 4.92. The van der Waals surface area contributed by atoms with Crippen LogP contribution >= 0.6 is 11.6 Å². The van der Waals surface area contributed by atoms with Crippen molar-refractivity contribution >= 4 is 33.5 Å². The van der Waals surface area contributed by atoms with Crippen molar-refractivity contribution in [3.05, 3.63) is 53.2 Å². The lowest BCUT2D eigenvalue weighted by Crippen LogP contribution is -2.50. The zero-order valence-electron chi connectivity index (χ0n) is 18.2. The van der Waals surface area contributed by atoms with E-state index in [-0.39, 0.29) is 22.1 Å². The summed E-state index contributed by atoms with van der Waals surface area (Å²) >= 11 is 6.24. The van der Waals surface area contributed by atoms with Gasteiger partial charge in [-0.15, -0.1) is 0 Å². The third-order valence-corrected chi connectivity index (χ3v) is 7.28. The zero-order valence-corrected chi connectivity index (χ0v) is 19.8. The van der Waals surface area contributed by atoms with Crippen LogP contribution in [-0.2, 0) is 14.8 Å². The number of amides is 1. The second-order valence-electron chi connectivity index (χ2n) is 8.57. The predicted octanol–water partition coefficient (Wildman–Crippen LogP) is 4.64. The average Bonchev–Trinajstić information content (AvgIpc) is 2.67. The number of aromatic nitrogens is 1. The number of hydrogen-bond acceptors (Lipinski definition) is 5. The van der Waals surface area contributed by atoms with Gasteiger partial charge < -0.3 is 9.64 Å². The summed E-state index contributed by atoms with van der Waals surface area (Å²) in [5.74, 6) is 0.343. The lowest BCUT2D eigenvalue weighted by Gasteiger charge is -2.38. The Morgan fingerprint density at radius 2 is 1.77 bits per heavy atom. The van der Waals surface area contributed by atoms with Gasteiger partial charge in [0.1, 0.15) is 16.3 Å². The van der Waals surface area contributed by atoms with Gasteiger partial charge in [-0.05, 0) is 64.8 Å². The summed E-state index contributed by atoms with van der Waals surface area (Å²) in [4.78, 5) is 18.5. The molecule has 3 rings (SSSR count). The first-order valence-electron chi connectivity index (χ1n) is 10.2. The molecule has 0 saturated carbocycles. The second kappa shape index (κ2) is 9.04. The highest BCUT2D eigenvalue weighted by molar-refractivity contribution is 7.93. The van der Waals surface area contributed by atoms with Crippen molar-refractivity contribution in [1.29, 1.82) is 0 Å². The lowest BCUT2D eigenvalue weighted by molar-refractivity contribution is 0.0207. The van der Waals surface area contributed by atoms with E-state index in [9.17, 15) is 13.2 Å². The van der Waals surface area contributed by atoms with Gasteiger partial charge in [-0.1, -0.05) is 29.8 Å². The summed E-state index contributed by atoms with van der Waals surface area (Å²) in [5, 5.41) is 0.159. The molecule has 0 aliphatic carbocycles. The van der Waals surface area contributed by atoms with Crippen LogP contribution in [0.25, 0.3) is 0 Å². The highest BCUT2D eigenvalue weighted by Gasteiger charge is 2.37. The minimum Gasteiger partial charge on any atom is -0.444 e. The van der Waals surface area contributed by atoms with E-state index in [2.05, 4.69) is 4.98 Å². The Hall–Kier alpha value is -2.32. The molecule has 1 aromatic heterocycles. The monoisotopic (exact) mass is 465 g/mol. The number of carbonyl (C=O) groups excluding carboxylic acids is 1. The van der Waals surface area contributed by atoms with Crippen molar-refractivity contribution in [2.45, 2.75) is 57.1 Å². The van der Waals surface area contributed by atoms with Gasteiger partial charge in [0.2, 0.25) is 0 Å². The second-order valence-corrected chi connectivity index (χ2v) is 10.8. The number of nitrogens with zero attached hydrogens (tertiary/aromatic N) is 3. The quantitative estimate of drug-likeness (QED) is 0.657. The fourth-order valence-corrected chi connectivity index (χ4v) is 5.68. The van der Waals surface area contributed by atoms with E-state index in [1.54, 1.807) is 35.2 Å². The number of aryl methyl sites for hydroxylation is 1.